The number of rotatable bonds is 4. The Balaban J connectivity index is 2.00. The summed E-state index contributed by atoms with van der Waals surface area (Å²) < 4.78 is 5.45. The summed E-state index contributed by atoms with van der Waals surface area (Å²) in [7, 11) is 0. The summed E-state index contributed by atoms with van der Waals surface area (Å²) in [6.07, 6.45) is 7.53. The number of ether oxygens (including phenoxy) is 1. The number of aliphatic imine (C=N–C) groups is 1. The van der Waals surface area contributed by atoms with Crippen molar-refractivity contribution >= 4 is 28.6 Å². The maximum Gasteiger partial charge on any atom is 0.282 e. The van der Waals surface area contributed by atoms with Crippen molar-refractivity contribution < 1.29 is 4.74 Å². The number of nitrogens with zero attached hydrogens (tertiary/aromatic N) is 5. The Morgan fingerprint density at radius 2 is 2.04 bits per heavy atom. The monoisotopic (exact) mass is 352 g/mol. The number of hydrogen-bond donors (Lipinski definition) is 1. The first-order valence-electron chi connectivity index (χ1n) is 8.84. The Kier molecular flexibility index (Phi) is 5.46. The van der Waals surface area contributed by atoms with E-state index in [-0.39, 0.29) is 12.1 Å². The standard InChI is InChI=1S/C19H24N6O/c1-4-25(5-2)17-12-22-16-9-8-15(23-18(16)24-17)14-7-6-13(3)26-19(20)21-11-10-14/h6-10,12-13H,4-5,11H2,1-3H3,(H2,20,21). The van der Waals surface area contributed by atoms with Crippen molar-refractivity contribution in [2.75, 3.05) is 24.5 Å². The number of amidine groups is 1. The van der Waals surface area contributed by atoms with Gasteiger partial charge >= 0.3 is 0 Å². The van der Waals surface area contributed by atoms with E-state index in [9.17, 15) is 0 Å². The molecule has 3 heterocycles. The molecule has 1 atom stereocenters. The molecule has 0 bridgehead atoms. The Bertz CT molecular complexity index is 869. The molecule has 136 valence electrons. The van der Waals surface area contributed by atoms with E-state index in [0.29, 0.717) is 12.2 Å². The summed E-state index contributed by atoms with van der Waals surface area (Å²) >= 11 is 0. The van der Waals surface area contributed by atoms with Crippen molar-refractivity contribution in [3.63, 3.8) is 0 Å². The van der Waals surface area contributed by atoms with Crippen LogP contribution in [-0.4, -0.2) is 46.7 Å². The number of aromatic nitrogens is 3. The highest BCUT2D eigenvalue weighted by molar-refractivity contribution is 5.79. The Hall–Kier alpha value is -2.96. The van der Waals surface area contributed by atoms with Crippen molar-refractivity contribution in [2.24, 2.45) is 10.7 Å². The molecule has 26 heavy (non-hydrogen) atoms. The fourth-order valence-corrected chi connectivity index (χ4v) is 2.75. The van der Waals surface area contributed by atoms with Crippen LogP contribution in [0, 0.1) is 0 Å². The van der Waals surface area contributed by atoms with Gasteiger partial charge in [-0.1, -0.05) is 12.2 Å². The molecule has 7 heteroatoms. The van der Waals surface area contributed by atoms with Gasteiger partial charge in [-0.25, -0.2) is 19.9 Å². The van der Waals surface area contributed by atoms with E-state index in [1.165, 1.54) is 0 Å². The van der Waals surface area contributed by atoms with E-state index in [4.69, 9.17) is 15.5 Å². The van der Waals surface area contributed by atoms with Crippen molar-refractivity contribution in [2.45, 2.75) is 26.9 Å². The molecule has 0 fully saturated rings. The van der Waals surface area contributed by atoms with Gasteiger partial charge in [0.05, 0.1) is 18.4 Å². The third-order valence-electron chi connectivity index (χ3n) is 4.19. The van der Waals surface area contributed by atoms with E-state index >= 15 is 0 Å². The smallest absolute Gasteiger partial charge is 0.282 e. The first-order valence-corrected chi connectivity index (χ1v) is 8.84. The summed E-state index contributed by atoms with van der Waals surface area (Å²) in [5, 5.41) is 0. The summed E-state index contributed by atoms with van der Waals surface area (Å²) in [6.45, 7) is 8.30. The van der Waals surface area contributed by atoms with Crippen LogP contribution in [0.1, 0.15) is 26.5 Å². The van der Waals surface area contributed by atoms with Crippen molar-refractivity contribution in [3.05, 3.63) is 42.3 Å². The molecule has 2 aromatic rings. The summed E-state index contributed by atoms with van der Waals surface area (Å²) in [6, 6.07) is 4.08. The molecule has 7 nitrogen and oxygen atoms in total. The third kappa shape index (κ3) is 3.99. The lowest BCUT2D eigenvalue weighted by atomic mass is 10.1. The number of hydrogen-bond acceptors (Lipinski definition) is 7. The number of nitrogens with two attached hydrogens (primary N) is 1. The van der Waals surface area contributed by atoms with Gasteiger partial charge in [-0.2, -0.15) is 0 Å². The maximum atomic E-state index is 5.72. The first kappa shape index (κ1) is 17.8. The largest absolute Gasteiger partial charge is 0.458 e. The topological polar surface area (TPSA) is 89.5 Å². The normalized spacial score (nSPS) is 17.6. The predicted molar refractivity (Wildman–Crippen MR) is 105 cm³/mol. The zero-order valence-electron chi connectivity index (χ0n) is 15.4. The molecule has 2 aromatic heterocycles. The van der Waals surface area contributed by atoms with Crippen LogP contribution in [0.4, 0.5) is 5.82 Å². The lowest BCUT2D eigenvalue weighted by Crippen LogP contribution is -2.23. The molecular weight excluding hydrogens is 328 g/mol. The highest BCUT2D eigenvalue weighted by Gasteiger charge is 2.10. The molecule has 0 saturated carbocycles. The van der Waals surface area contributed by atoms with E-state index < -0.39 is 0 Å². The van der Waals surface area contributed by atoms with Gasteiger partial charge in [-0.05, 0) is 44.6 Å². The fraction of sp³-hybridized carbons (Fsp3) is 0.368. The van der Waals surface area contributed by atoms with Gasteiger partial charge in [0.25, 0.3) is 6.02 Å². The van der Waals surface area contributed by atoms with Crippen LogP contribution in [0.2, 0.25) is 0 Å². The lowest BCUT2D eigenvalue weighted by Gasteiger charge is -2.19. The molecule has 0 spiro atoms. The number of fused-ring (bicyclic) bond motifs is 1. The van der Waals surface area contributed by atoms with E-state index in [1.54, 1.807) is 6.20 Å². The van der Waals surface area contributed by atoms with Crippen LogP contribution in [-0.2, 0) is 4.74 Å². The molecule has 0 aromatic carbocycles. The Morgan fingerprint density at radius 1 is 1.23 bits per heavy atom. The molecule has 2 N–H and O–H groups in total. The third-order valence-corrected chi connectivity index (χ3v) is 4.19. The number of anilines is 1. The SMILES string of the molecule is CCN(CC)c1cnc2ccc(C3=CCN=C(N)OC(C)C=C3)nc2n1. The number of pyridine rings is 1. The van der Waals surface area contributed by atoms with Crippen molar-refractivity contribution in [1.29, 1.82) is 0 Å². The second-order valence-corrected chi connectivity index (χ2v) is 5.96. The summed E-state index contributed by atoms with van der Waals surface area (Å²) in [5.41, 5.74) is 8.90. The average molecular weight is 352 g/mol. The highest BCUT2D eigenvalue weighted by Crippen LogP contribution is 2.20. The first-order chi connectivity index (χ1) is 12.6. The summed E-state index contributed by atoms with van der Waals surface area (Å²) in [5.74, 6) is 0.838. The maximum absolute atomic E-state index is 5.72. The van der Waals surface area contributed by atoms with Crippen molar-refractivity contribution in [1.82, 2.24) is 15.0 Å². The lowest BCUT2D eigenvalue weighted by molar-refractivity contribution is 0.251. The predicted octanol–water partition coefficient (Wildman–Crippen LogP) is 2.54. The van der Waals surface area contributed by atoms with Gasteiger partial charge < -0.3 is 15.4 Å². The van der Waals surface area contributed by atoms with E-state index in [1.807, 2.05) is 37.3 Å². The van der Waals surface area contributed by atoms with Gasteiger partial charge in [-0.3, -0.25) is 0 Å². The van der Waals surface area contributed by atoms with Crippen LogP contribution in [0.5, 0.6) is 0 Å². The van der Waals surface area contributed by atoms with Crippen LogP contribution < -0.4 is 10.6 Å². The highest BCUT2D eigenvalue weighted by atomic mass is 16.5. The molecule has 3 rings (SSSR count). The molecular formula is C19H24N6O. The molecule has 1 aliphatic rings. The molecule has 0 amide bonds. The van der Waals surface area contributed by atoms with Crippen molar-refractivity contribution in [3.8, 4) is 0 Å². The average Bonchev–Trinajstić information content (AvgIpc) is 2.72. The minimum absolute atomic E-state index is 0.158. The number of allylic oxidation sites excluding steroid dienone is 2. The van der Waals surface area contributed by atoms with Gasteiger partial charge in [0.1, 0.15) is 17.4 Å². The fourth-order valence-electron chi connectivity index (χ4n) is 2.75. The quantitative estimate of drug-likeness (QED) is 0.909. The van der Waals surface area contributed by atoms with Crippen LogP contribution in [0.25, 0.3) is 16.7 Å². The molecule has 0 saturated heterocycles. The second kappa shape index (κ2) is 7.95. The van der Waals surface area contributed by atoms with Gasteiger partial charge in [0.15, 0.2) is 5.65 Å². The van der Waals surface area contributed by atoms with Gasteiger partial charge in [0.2, 0.25) is 0 Å². The van der Waals surface area contributed by atoms with E-state index in [0.717, 1.165) is 35.7 Å². The zero-order chi connectivity index (χ0) is 18.5. The van der Waals surface area contributed by atoms with Gasteiger partial charge in [-0.15, -0.1) is 0 Å². The van der Waals surface area contributed by atoms with Gasteiger partial charge in [0, 0.05) is 13.1 Å². The van der Waals surface area contributed by atoms with Crippen LogP contribution in [0.15, 0.2) is 41.6 Å². The van der Waals surface area contributed by atoms with Crippen LogP contribution >= 0.6 is 0 Å². The van der Waals surface area contributed by atoms with Crippen LogP contribution in [0.3, 0.4) is 0 Å². The Morgan fingerprint density at radius 3 is 2.81 bits per heavy atom. The second-order valence-electron chi connectivity index (χ2n) is 5.96. The minimum atomic E-state index is -0.158. The molecule has 1 unspecified atom stereocenters. The Labute approximate surface area is 153 Å². The minimum Gasteiger partial charge on any atom is -0.458 e. The summed E-state index contributed by atoms with van der Waals surface area (Å²) in [4.78, 5) is 20.2. The molecule has 0 aliphatic carbocycles. The molecule has 1 aliphatic heterocycles. The van der Waals surface area contributed by atoms with E-state index in [2.05, 4.69) is 33.7 Å². The molecule has 0 radical (unpaired) electrons. The zero-order valence-corrected chi connectivity index (χ0v) is 15.4.